The highest BCUT2D eigenvalue weighted by molar-refractivity contribution is 7.99. The third-order valence-electron chi connectivity index (χ3n) is 3.51. The first-order valence-electron chi connectivity index (χ1n) is 6.59. The Kier molecular flexibility index (Phi) is 5.51. The summed E-state index contributed by atoms with van der Waals surface area (Å²) in [6, 6.07) is 8.28. The summed E-state index contributed by atoms with van der Waals surface area (Å²) in [6.07, 6.45) is 1.06. The molecule has 1 aromatic rings. The van der Waals surface area contributed by atoms with Crippen LogP contribution >= 0.6 is 11.8 Å². The topological polar surface area (TPSA) is 56.5 Å². The Morgan fingerprint density at radius 3 is 3.05 bits per heavy atom. The first-order valence-corrected chi connectivity index (χ1v) is 7.58. The van der Waals surface area contributed by atoms with Crippen LogP contribution in [0.1, 0.15) is 13.3 Å². The summed E-state index contributed by atoms with van der Waals surface area (Å²) >= 11 is 1.83. The molecule has 5 heteroatoms. The van der Waals surface area contributed by atoms with Crippen LogP contribution in [0, 0.1) is 5.92 Å². The maximum absolute atomic E-state index is 6.08. The van der Waals surface area contributed by atoms with Crippen LogP contribution in [0.15, 0.2) is 29.2 Å². The average Bonchev–Trinajstić information content (AvgIpc) is 2.45. The highest BCUT2D eigenvalue weighted by atomic mass is 32.2. The summed E-state index contributed by atoms with van der Waals surface area (Å²) in [7, 11) is 1.72. The van der Waals surface area contributed by atoms with Crippen molar-refractivity contribution in [1.29, 1.82) is 0 Å². The molecule has 3 atom stereocenters. The molecule has 0 saturated heterocycles. The van der Waals surface area contributed by atoms with Crippen LogP contribution in [0.5, 0.6) is 5.75 Å². The van der Waals surface area contributed by atoms with Crippen LogP contribution in [0.4, 0.5) is 0 Å². The number of thioether (sulfide) groups is 1. The van der Waals surface area contributed by atoms with Gasteiger partial charge in [0.05, 0.1) is 6.04 Å². The first kappa shape index (κ1) is 14.7. The molecule has 0 spiro atoms. The first-order chi connectivity index (χ1) is 9.26. The Morgan fingerprint density at radius 2 is 2.32 bits per heavy atom. The van der Waals surface area contributed by atoms with Crippen molar-refractivity contribution in [3.05, 3.63) is 24.3 Å². The van der Waals surface area contributed by atoms with E-state index in [2.05, 4.69) is 18.4 Å². The van der Waals surface area contributed by atoms with Gasteiger partial charge in [-0.1, -0.05) is 19.1 Å². The lowest BCUT2D eigenvalue weighted by atomic mass is 9.95. The van der Waals surface area contributed by atoms with E-state index in [1.807, 2.05) is 30.0 Å². The number of para-hydroxylation sites is 1. The standard InChI is InChI=1S/C14H22N2O2S/c1-10(7-8-17-2)14(16-15)12-9-19-13-6-4-3-5-11(13)18-12/h3-6,10,12,14,16H,7-9,15H2,1-2H3. The SMILES string of the molecule is COCCC(C)C(NN)C1CSc2ccccc2O1. The molecule has 3 unspecified atom stereocenters. The second-order valence-corrected chi connectivity index (χ2v) is 5.93. The molecule has 106 valence electrons. The predicted molar refractivity (Wildman–Crippen MR) is 78.4 cm³/mol. The van der Waals surface area contributed by atoms with Gasteiger partial charge in [0.2, 0.25) is 0 Å². The minimum Gasteiger partial charge on any atom is -0.487 e. The van der Waals surface area contributed by atoms with E-state index < -0.39 is 0 Å². The van der Waals surface area contributed by atoms with Crippen molar-refractivity contribution in [2.75, 3.05) is 19.5 Å². The molecule has 0 radical (unpaired) electrons. The zero-order valence-corrected chi connectivity index (χ0v) is 12.3. The second kappa shape index (κ2) is 7.14. The van der Waals surface area contributed by atoms with Crippen LogP contribution in [-0.4, -0.2) is 31.6 Å². The Balaban J connectivity index is 2.01. The molecule has 0 saturated carbocycles. The number of nitrogens with two attached hydrogens (primary N) is 1. The van der Waals surface area contributed by atoms with E-state index in [0.717, 1.165) is 24.5 Å². The van der Waals surface area contributed by atoms with Gasteiger partial charge in [-0.3, -0.25) is 11.3 Å². The van der Waals surface area contributed by atoms with Gasteiger partial charge in [-0.25, -0.2) is 0 Å². The molecule has 0 aromatic heterocycles. The minimum atomic E-state index is 0.0942. The van der Waals surface area contributed by atoms with E-state index in [-0.39, 0.29) is 12.1 Å². The van der Waals surface area contributed by atoms with Crippen LogP contribution < -0.4 is 16.0 Å². The number of hydrogen-bond donors (Lipinski definition) is 2. The quantitative estimate of drug-likeness (QED) is 0.618. The van der Waals surface area contributed by atoms with Crippen LogP contribution in [0.3, 0.4) is 0 Å². The van der Waals surface area contributed by atoms with Crippen molar-refractivity contribution < 1.29 is 9.47 Å². The molecular weight excluding hydrogens is 260 g/mol. The number of rotatable bonds is 6. The van der Waals surface area contributed by atoms with Crippen molar-refractivity contribution in [2.24, 2.45) is 11.8 Å². The fourth-order valence-corrected chi connectivity index (χ4v) is 3.39. The summed E-state index contributed by atoms with van der Waals surface area (Å²) in [6.45, 7) is 2.92. The Bertz CT molecular complexity index is 403. The molecule has 0 fully saturated rings. The van der Waals surface area contributed by atoms with Crippen molar-refractivity contribution in [3.8, 4) is 5.75 Å². The van der Waals surface area contributed by atoms with Gasteiger partial charge in [0.25, 0.3) is 0 Å². The lowest BCUT2D eigenvalue weighted by Crippen LogP contribution is -2.52. The van der Waals surface area contributed by atoms with E-state index in [1.165, 1.54) is 4.90 Å². The van der Waals surface area contributed by atoms with E-state index >= 15 is 0 Å². The van der Waals surface area contributed by atoms with Crippen molar-refractivity contribution in [1.82, 2.24) is 5.43 Å². The number of hydrogen-bond acceptors (Lipinski definition) is 5. The normalized spacial score (nSPS) is 21.3. The van der Waals surface area contributed by atoms with Crippen molar-refractivity contribution >= 4 is 11.8 Å². The Hall–Kier alpha value is -0.750. The van der Waals surface area contributed by atoms with Gasteiger partial charge in [0, 0.05) is 24.4 Å². The van der Waals surface area contributed by atoms with Crippen LogP contribution in [-0.2, 0) is 4.74 Å². The number of hydrazine groups is 1. The van der Waals surface area contributed by atoms with Crippen molar-refractivity contribution in [3.63, 3.8) is 0 Å². The number of ether oxygens (including phenoxy) is 2. The fraction of sp³-hybridized carbons (Fsp3) is 0.571. The highest BCUT2D eigenvalue weighted by Crippen LogP contribution is 2.36. The van der Waals surface area contributed by atoms with Gasteiger partial charge < -0.3 is 9.47 Å². The lowest BCUT2D eigenvalue weighted by molar-refractivity contribution is 0.113. The predicted octanol–water partition coefficient (Wildman–Crippen LogP) is 2.04. The number of benzene rings is 1. The molecular formula is C14H22N2O2S. The highest BCUT2D eigenvalue weighted by Gasteiger charge is 2.31. The van der Waals surface area contributed by atoms with Crippen LogP contribution in [0.2, 0.25) is 0 Å². The number of fused-ring (bicyclic) bond motifs is 1. The van der Waals surface area contributed by atoms with Gasteiger partial charge in [-0.05, 0) is 24.5 Å². The van der Waals surface area contributed by atoms with E-state index in [4.69, 9.17) is 15.3 Å². The maximum atomic E-state index is 6.08. The Labute approximate surface area is 119 Å². The van der Waals surface area contributed by atoms with Crippen molar-refractivity contribution in [2.45, 2.75) is 30.4 Å². The summed E-state index contributed by atoms with van der Waals surface area (Å²) in [5, 5.41) is 0. The smallest absolute Gasteiger partial charge is 0.133 e. The zero-order chi connectivity index (χ0) is 13.7. The molecule has 3 N–H and O–H groups in total. The number of methoxy groups -OCH3 is 1. The molecule has 1 heterocycles. The summed E-state index contributed by atoms with van der Waals surface area (Å²) in [4.78, 5) is 1.21. The third-order valence-corrected chi connectivity index (χ3v) is 4.66. The monoisotopic (exact) mass is 282 g/mol. The molecule has 0 bridgehead atoms. The maximum Gasteiger partial charge on any atom is 0.133 e. The average molecular weight is 282 g/mol. The number of nitrogens with one attached hydrogen (secondary N) is 1. The molecule has 19 heavy (non-hydrogen) atoms. The van der Waals surface area contributed by atoms with Gasteiger partial charge in [-0.15, -0.1) is 11.8 Å². The summed E-state index contributed by atoms with van der Waals surface area (Å²) in [5.74, 6) is 8.00. The zero-order valence-electron chi connectivity index (χ0n) is 11.5. The molecule has 1 aromatic carbocycles. The van der Waals surface area contributed by atoms with E-state index in [1.54, 1.807) is 7.11 Å². The minimum absolute atomic E-state index is 0.0942. The molecule has 4 nitrogen and oxygen atoms in total. The molecule has 1 aliphatic rings. The van der Waals surface area contributed by atoms with E-state index in [0.29, 0.717) is 5.92 Å². The van der Waals surface area contributed by atoms with E-state index in [9.17, 15) is 0 Å². The van der Waals surface area contributed by atoms with Gasteiger partial charge in [0.1, 0.15) is 11.9 Å². The lowest BCUT2D eigenvalue weighted by Gasteiger charge is -2.34. The van der Waals surface area contributed by atoms with Gasteiger partial charge >= 0.3 is 0 Å². The largest absolute Gasteiger partial charge is 0.487 e. The molecule has 0 amide bonds. The van der Waals surface area contributed by atoms with Gasteiger partial charge in [-0.2, -0.15) is 0 Å². The Morgan fingerprint density at radius 1 is 1.53 bits per heavy atom. The molecule has 1 aliphatic heterocycles. The third kappa shape index (κ3) is 3.63. The molecule has 0 aliphatic carbocycles. The second-order valence-electron chi connectivity index (χ2n) is 4.87. The van der Waals surface area contributed by atoms with Crippen LogP contribution in [0.25, 0.3) is 0 Å². The van der Waals surface area contributed by atoms with Gasteiger partial charge in [0.15, 0.2) is 0 Å². The molecule has 2 rings (SSSR count). The summed E-state index contributed by atoms with van der Waals surface area (Å²) < 4.78 is 11.2. The fourth-order valence-electron chi connectivity index (χ4n) is 2.33. The summed E-state index contributed by atoms with van der Waals surface area (Å²) in [5.41, 5.74) is 2.92.